The van der Waals surface area contributed by atoms with Crippen LogP contribution in [0.25, 0.3) is 0 Å². The molecule has 11 atom stereocenters. The Morgan fingerprint density at radius 1 is 0.800 bits per heavy atom. The highest BCUT2D eigenvalue weighted by Gasteiger charge is 2.62. The van der Waals surface area contributed by atoms with Crippen LogP contribution in [-0.2, 0) is 94.1 Å². The molecule has 1 N–H and O–H groups in total. The van der Waals surface area contributed by atoms with E-state index in [-0.39, 0.29) is 19.8 Å². The predicted molar refractivity (Wildman–Crippen MR) is 207 cm³/mol. The Kier molecular flexibility index (Phi) is 18.4. The second-order valence-electron chi connectivity index (χ2n) is 13.9. The monoisotopic (exact) mass is 864 g/mol. The van der Waals surface area contributed by atoms with E-state index in [1.807, 2.05) is 36.4 Å². The lowest BCUT2D eigenvalue weighted by Gasteiger charge is -2.51. The molecule has 0 aromatic heterocycles. The van der Waals surface area contributed by atoms with Gasteiger partial charge >= 0.3 is 29.8 Å². The van der Waals surface area contributed by atoms with E-state index < -0.39 is 114 Å². The summed E-state index contributed by atoms with van der Waals surface area (Å²) in [5.41, 5.74) is 1.55. The van der Waals surface area contributed by atoms with Crippen LogP contribution in [0.1, 0.15) is 52.2 Å². The number of rotatable bonds is 19. The first kappa shape index (κ1) is 48.2. The van der Waals surface area contributed by atoms with E-state index in [1.54, 1.807) is 24.3 Å². The number of benzene rings is 2. The Morgan fingerprint density at radius 2 is 1.42 bits per heavy atom. The van der Waals surface area contributed by atoms with Crippen molar-refractivity contribution in [2.75, 3.05) is 27.4 Å². The van der Waals surface area contributed by atoms with Gasteiger partial charge in [0.2, 0.25) is 0 Å². The van der Waals surface area contributed by atoms with Gasteiger partial charge in [0.15, 0.2) is 29.7 Å². The Hall–Kier alpha value is -4.47. The predicted octanol–water partition coefficient (Wildman–Crippen LogP) is 2.57. The summed E-state index contributed by atoms with van der Waals surface area (Å²) >= 11 is 0.589. The summed E-state index contributed by atoms with van der Waals surface area (Å²) in [5.74, 6) is -7.27. The summed E-state index contributed by atoms with van der Waals surface area (Å²) in [6, 6.07) is 18.2. The third-order valence-electron chi connectivity index (χ3n) is 9.20. The zero-order chi connectivity index (χ0) is 44.0. The smallest absolute Gasteiger partial charge is 0.366 e. The Morgan fingerprint density at radius 3 is 1.95 bits per heavy atom. The van der Waals surface area contributed by atoms with Crippen molar-refractivity contribution in [3.63, 3.8) is 0 Å². The van der Waals surface area contributed by atoms with Crippen molar-refractivity contribution in [3.8, 4) is 0 Å². The number of hydrogen-bond donors (Lipinski definition) is 1. The van der Waals surface area contributed by atoms with E-state index in [9.17, 15) is 33.9 Å². The molecule has 2 aromatic carbocycles. The van der Waals surface area contributed by atoms with Crippen molar-refractivity contribution in [1.82, 2.24) is 0 Å². The van der Waals surface area contributed by atoms with Crippen LogP contribution in [0, 0.1) is 0 Å². The highest BCUT2D eigenvalue weighted by atomic mass is 32.2. The van der Waals surface area contributed by atoms with Gasteiger partial charge in [0.05, 0.1) is 38.3 Å². The molecular formula is C41H52O18S. The number of carbonyl (C=O) groups is 6. The van der Waals surface area contributed by atoms with Gasteiger partial charge in [-0.25, -0.2) is 4.79 Å². The molecule has 4 rings (SSSR count). The lowest BCUT2D eigenvalue weighted by Crippen LogP contribution is -2.69. The van der Waals surface area contributed by atoms with E-state index >= 15 is 0 Å². The maximum absolute atomic E-state index is 14.2. The number of carbonyl (C=O) groups excluding carboxylic acids is 6. The standard InChI is InChI=1S/C41H52O18S/c1-23(42)52-22-32(54-24(2)43)34(56-26(4)45)36-38(60-27(5)46)30(47)18-41(59-36,40(48)50-7)58-35-33(55-25(3)44)31(21-51-19-28-14-10-8-11-15-28)57-39(49-6)37(35)53-20-29-16-12-9-13-17-29/h8-17,30-39,47H,18-22H2,1-7H3/t30-,31-,32+,33+,34+,35+,36-,37-,38+,39+,41-/m0/s1. The van der Waals surface area contributed by atoms with E-state index in [4.69, 9.17) is 52.1 Å². The van der Waals surface area contributed by atoms with Crippen LogP contribution in [0.2, 0.25) is 0 Å². The highest BCUT2D eigenvalue weighted by molar-refractivity contribution is 8.14. The average molecular weight is 865 g/mol. The van der Waals surface area contributed by atoms with Gasteiger partial charge in [0.1, 0.15) is 31.0 Å². The van der Waals surface area contributed by atoms with Crippen LogP contribution >= 0.6 is 11.8 Å². The third-order valence-corrected chi connectivity index (χ3v) is 10.4. The largest absolute Gasteiger partial charge is 0.465 e. The molecule has 0 amide bonds. The molecule has 0 unspecified atom stereocenters. The maximum Gasteiger partial charge on any atom is 0.366 e. The number of aliphatic hydroxyl groups excluding tert-OH is 1. The van der Waals surface area contributed by atoms with Crippen LogP contribution in [0.4, 0.5) is 0 Å². The molecule has 19 heteroatoms. The quantitative estimate of drug-likeness (QED) is 0.158. The SMILES string of the molecule is COC(=O)[C@]1(O[C@H]2[C@H](OCc3ccccc3)[C@H](OC)O[C@@H](COCc3ccccc3)[C@H]2OC(C)=O)C[C@H](O)[C@@H](SC(C)=O)[C@H]([C@H](OC(C)=O)[C@@H](COC(C)=O)OC(C)=O)O1. The minimum Gasteiger partial charge on any atom is -0.465 e. The second-order valence-corrected chi connectivity index (χ2v) is 15.2. The second kappa shape index (κ2) is 22.9. The molecule has 0 spiro atoms. The minimum absolute atomic E-state index is 0.0556. The van der Waals surface area contributed by atoms with Crippen LogP contribution in [0.3, 0.4) is 0 Å². The molecule has 2 aliphatic rings. The highest BCUT2D eigenvalue weighted by Crippen LogP contribution is 2.43. The summed E-state index contributed by atoms with van der Waals surface area (Å²) in [4.78, 5) is 76.7. The Bertz CT molecular complexity index is 1750. The molecule has 2 fully saturated rings. The number of esters is 5. The summed E-state index contributed by atoms with van der Waals surface area (Å²) in [6.45, 7) is 4.75. The van der Waals surface area contributed by atoms with Gasteiger partial charge < -0.3 is 57.2 Å². The fourth-order valence-electron chi connectivity index (χ4n) is 6.80. The van der Waals surface area contributed by atoms with E-state index in [2.05, 4.69) is 0 Å². The zero-order valence-electron chi connectivity index (χ0n) is 34.4. The first-order valence-electron chi connectivity index (χ1n) is 19.0. The van der Waals surface area contributed by atoms with Gasteiger partial charge in [0.25, 0.3) is 5.79 Å². The lowest BCUT2D eigenvalue weighted by atomic mass is 9.91. The van der Waals surface area contributed by atoms with Gasteiger partial charge in [-0.2, -0.15) is 0 Å². The van der Waals surface area contributed by atoms with Crippen molar-refractivity contribution in [2.45, 2.75) is 120 Å². The molecule has 330 valence electrons. The topological polar surface area (TPSA) is 224 Å². The number of aliphatic hydroxyl groups is 1. The molecule has 0 bridgehead atoms. The summed E-state index contributed by atoms with van der Waals surface area (Å²) < 4.78 is 64.9. The molecule has 2 aromatic rings. The lowest BCUT2D eigenvalue weighted by molar-refractivity contribution is -0.370. The van der Waals surface area contributed by atoms with Gasteiger partial charge in [-0.05, 0) is 11.1 Å². The van der Waals surface area contributed by atoms with Crippen molar-refractivity contribution in [1.29, 1.82) is 0 Å². The van der Waals surface area contributed by atoms with E-state index in [0.717, 1.165) is 40.4 Å². The normalized spacial score (nSPS) is 27.4. The molecule has 18 nitrogen and oxygen atoms in total. The van der Waals surface area contributed by atoms with Crippen molar-refractivity contribution >= 4 is 46.7 Å². The number of ether oxygens (including phenoxy) is 11. The minimum atomic E-state index is -2.67. The maximum atomic E-state index is 14.2. The number of methoxy groups -OCH3 is 2. The van der Waals surface area contributed by atoms with Gasteiger partial charge in [-0.3, -0.25) is 24.0 Å². The van der Waals surface area contributed by atoms with Crippen LogP contribution in [0.15, 0.2) is 60.7 Å². The van der Waals surface area contributed by atoms with Gasteiger partial charge in [-0.15, -0.1) is 0 Å². The molecule has 0 aliphatic carbocycles. The third kappa shape index (κ3) is 13.5. The molecule has 2 aliphatic heterocycles. The summed E-state index contributed by atoms with van der Waals surface area (Å²) in [6.07, 6.45) is -14.1. The molecule has 0 radical (unpaired) electrons. The fourth-order valence-corrected chi connectivity index (χ4v) is 7.78. The number of thioether (sulfide) groups is 1. The van der Waals surface area contributed by atoms with Gasteiger partial charge in [0, 0.05) is 48.1 Å². The Balaban J connectivity index is 1.87. The summed E-state index contributed by atoms with van der Waals surface area (Å²) in [5, 5.41) is 10.1. The molecular weight excluding hydrogens is 813 g/mol. The van der Waals surface area contributed by atoms with E-state index in [1.165, 1.54) is 14.0 Å². The molecule has 60 heavy (non-hydrogen) atoms. The average Bonchev–Trinajstić information content (AvgIpc) is 3.20. The van der Waals surface area contributed by atoms with Crippen LogP contribution in [-0.4, -0.2) is 134 Å². The first-order valence-corrected chi connectivity index (χ1v) is 19.8. The first-order chi connectivity index (χ1) is 28.6. The zero-order valence-corrected chi connectivity index (χ0v) is 35.2. The van der Waals surface area contributed by atoms with Crippen LogP contribution in [0.5, 0.6) is 0 Å². The number of hydrogen-bond acceptors (Lipinski definition) is 19. The van der Waals surface area contributed by atoms with Crippen molar-refractivity contribution < 1.29 is 86.0 Å². The molecule has 2 heterocycles. The van der Waals surface area contributed by atoms with Crippen LogP contribution < -0.4 is 0 Å². The van der Waals surface area contributed by atoms with E-state index in [0.29, 0.717) is 17.3 Å². The van der Waals surface area contributed by atoms with Crippen molar-refractivity contribution in [2.24, 2.45) is 0 Å². The summed E-state index contributed by atoms with van der Waals surface area (Å²) in [7, 11) is 2.36. The Labute approximate surface area is 351 Å². The fraction of sp³-hybridized carbons (Fsp3) is 0.561. The van der Waals surface area contributed by atoms with Gasteiger partial charge in [-0.1, -0.05) is 72.4 Å². The molecule has 2 saturated heterocycles. The molecule has 0 saturated carbocycles. The van der Waals surface area contributed by atoms with Crippen molar-refractivity contribution in [3.05, 3.63) is 71.8 Å².